The molecule has 0 spiro atoms. The van der Waals surface area contributed by atoms with Crippen molar-refractivity contribution in [1.82, 2.24) is 9.88 Å². The monoisotopic (exact) mass is 262 g/mol. The molecular formula is C14H18N2O3. The minimum absolute atomic E-state index is 0.0512. The molecule has 0 bridgehead atoms. The van der Waals surface area contributed by atoms with E-state index in [9.17, 15) is 9.59 Å². The minimum Gasteiger partial charge on any atom is -0.468 e. The van der Waals surface area contributed by atoms with Gasteiger partial charge in [-0.2, -0.15) is 0 Å². The lowest BCUT2D eigenvalue weighted by Crippen LogP contribution is -2.40. The molecule has 0 unspecified atom stereocenters. The van der Waals surface area contributed by atoms with E-state index in [1.54, 1.807) is 24.5 Å². The summed E-state index contributed by atoms with van der Waals surface area (Å²) < 4.78 is 4.58. The van der Waals surface area contributed by atoms with Crippen LogP contribution in [-0.4, -0.2) is 41.5 Å². The Morgan fingerprint density at radius 3 is 2.74 bits per heavy atom. The number of rotatable bonds is 5. The summed E-state index contributed by atoms with van der Waals surface area (Å²) in [5.74, 6) is -0.666. The quantitative estimate of drug-likeness (QED) is 0.596. The van der Waals surface area contributed by atoms with Crippen LogP contribution in [0.5, 0.6) is 0 Å². The number of pyridine rings is 1. The average molecular weight is 262 g/mol. The maximum absolute atomic E-state index is 12.0. The normalized spacial score (nSPS) is 10.7. The first-order valence-corrected chi connectivity index (χ1v) is 6.00. The zero-order chi connectivity index (χ0) is 14.3. The highest BCUT2D eigenvalue weighted by Gasteiger charge is 2.18. The summed E-state index contributed by atoms with van der Waals surface area (Å²) in [5.41, 5.74) is 0.831. The molecule has 0 N–H and O–H groups in total. The zero-order valence-corrected chi connectivity index (χ0v) is 11.4. The number of hydrogen-bond donors (Lipinski definition) is 0. The summed E-state index contributed by atoms with van der Waals surface area (Å²) in [5, 5.41) is 0. The molecule has 0 aliphatic rings. The standard InChI is InChI=1S/C14H18N2O3/c1-11(2)16(10-14(18)19-3)13(17)7-6-12-5-4-8-15-9-12/h4-9,11H,10H2,1-3H3. The predicted octanol–water partition coefficient (Wildman–Crippen LogP) is 1.50. The lowest BCUT2D eigenvalue weighted by molar-refractivity contribution is -0.146. The molecule has 1 aromatic rings. The Kier molecular flexibility index (Phi) is 5.73. The van der Waals surface area contributed by atoms with Gasteiger partial charge in [0, 0.05) is 24.5 Å². The number of methoxy groups -OCH3 is 1. The fraction of sp³-hybridized carbons (Fsp3) is 0.357. The second kappa shape index (κ2) is 7.31. The highest BCUT2D eigenvalue weighted by Crippen LogP contribution is 2.04. The van der Waals surface area contributed by atoms with E-state index in [0.717, 1.165) is 5.56 Å². The van der Waals surface area contributed by atoms with Gasteiger partial charge in [-0.15, -0.1) is 0 Å². The van der Waals surface area contributed by atoms with Crippen LogP contribution in [0.3, 0.4) is 0 Å². The van der Waals surface area contributed by atoms with Crippen molar-refractivity contribution in [2.45, 2.75) is 19.9 Å². The van der Waals surface area contributed by atoms with Gasteiger partial charge in [0.1, 0.15) is 6.54 Å². The maximum atomic E-state index is 12.0. The van der Waals surface area contributed by atoms with Crippen LogP contribution in [0.2, 0.25) is 0 Å². The average Bonchev–Trinajstić information content (AvgIpc) is 2.42. The SMILES string of the molecule is COC(=O)CN(C(=O)C=Cc1cccnc1)C(C)C. The predicted molar refractivity (Wildman–Crippen MR) is 72.1 cm³/mol. The third-order valence-electron chi connectivity index (χ3n) is 2.54. The maximum Gasteiger partial charge on any atom is 0.325 e. The Morgan fingerprint density at radius 2 is 2.21 bits per heavy atom. The highest BCUT2D eigenvalue weighted by molar-refractivity contribution is 5.93. The van der Waals surface area contributed by atoms with E-state index in [1.807, 2.05) is 19.9 Å². The summed E-state index contributed by atoms with van der Waals surface area (Å²) in [7, 11) is 1.30. The van der Waals surface area contributed by atoms with Crippen LogP contribution in [0.15, 0.2) is 30.6 Å². The lowest BCUT2D eigenvalue weighted by atomic mass is 10.2. The molecule has 1 aromatic heterocycles. The van der Waals surface area contributed by atoms with Gasteiger partial charge >= 0.3 is 5.97 Å². The van der Waals surface area contributed by atoms with Gasteiger partial charge in [-0.25, -0.2) is 0 Å². The van der Waals surface area contributed by atoms with Gasteiger partial charge in [-0.05, 0) is 31.6 Å². The van der Waals surface area contributed by atoms with E-state index in [1.165, 1.54) is 18.1 Å². The molecule has 5 heteroatoms. The molecule has 102 valence electrons. The van der Waals surface area contributed by atoms with Gasteiger partial charge < -0.3 is 9.64 Å². The molecule has 1 amide bonds. The Bertz CT molecular complexity index is 455. The second-order valence-corrected chi connectivity index (χ2v) is 4.26. The smallest absolute Gasteiger partial charge is 0.325 e. The number of ether oxygens (including phenoxy) is 1. The minimum atomic E-state index is -0.433. The number of nitrogens with zero attached hydrogens (tertiary/aromatic N) is 2. The number of carbonyl (C=O) groups is 2. The van der Waals surface area contributed by atoms with Crippen molar-refractivity contribution in [3.8, 4) is 0 Å². The van der Waals surface area contributed by atoms with Crippen molar-refractivity contribution in [3.63, 3.8) is 0 Å². The van der Waals surface area contributed by atoms with E-state index in [4.69, 9.17) is 0 Å². The van der Waals surface area contributed by atoms with E-state index < -0.39 is 5.97 Å². The fourth-order valence-corrected chi connectivity index (χ4v) is 1.46. The number of amides is 1. The van der Waals surface area contributed by atoms with Crippen molar-refractivity contribution in [3.05, 3.63) is 36.2 Å². The fourth-order valence-electron chi connectivity index (χ4n) is 1.46. The lowest BCUT2D eigenvalue weighted by Gasteiger charge is -2.23. The van der Waals surface area contributed by atoms with Crippen molar-refractivity contribution >= 4 is 18.0 Å². The van der Waals surface area contributed by atoms with Crippen LogP contribution >= 0.6 is 0 Å². The molecule has 0 radical (unpaired) electrons. The molecule has 5 nitrogen and oxygen atoms in total. The van der Waals surface area contributed by atoms with Gasteiger partial charge in [0.05, 0.1) is 7.11 Å². The summed E-state index contributed by atoms with van der Waals surface area (Å²) in [6, 6.07) is 3.56. The summed E-state index contributed by atoms with van der Waals surface area (Å²) in [6.45, 7) is 3.64. The number of aromatic nitrogens is 1. The first kappa shape index (κ1) is 14.9. The van der Waals surface area contributed by atoms with Gasteiger partial charge in [0.2, 0.25) is 5.91 Å². The van der Waals surface area contributed by atoms with Gasteiger partial charge in [-0.3, -0.25) is 14.6 Å². The van der Waals surface area contributed by atoms with Crippen molar-refractivity contribution in [1.29, 1.82) is 0 Å². The number of carbonyl (C=O) groups excluding carboxylic acids is 2. The topological polar surface area (TPSA) is 59.5 Å². The van der Waals surface area contributed by atoms with Crippen LogP contribution in [0, 0.1) is 0 Å². The summed E-state index contributed by atoms with van der Waals surface area (Å²) >= 11 is 0. The Morgan fingerprint density at radius 1 is 1.47 bits per heavy atom. The van der Waals surface area contributed by atoms with Crippen LogP contribution < -0.4 is 0 Å². The van der Waals surface area contributed by atoms with E-state index in [-0.39, 0.29) is 18.5 Å². The molecule has 0 saturated carbocycles. The Balaban J connectivity index is 2.72. The Hall–Kier alpha value is -2.17. The molecule has 0 atom stereocenters. The summed E-state index contributed by atoms with van der Waals surface area (Å²) in [6.07, 6.45) is 6.42. The third-order valence-corrected chi connectivity index (χ3v) is 2.54. The molecule has 0 aliphatic carbocycles. The number of esters is 1. The van der Waals surface area contributed by atoms with Crippen LogP contribution in [0.4, 0.5) is 0 Å². The Labute approximate surface area is 112 Å². The molecule has 1 heterocycles. The third kappa shape index (κ3) is 4.91. The van der Waals surface area contributed by atoms with E-state index >= 15 is 0 Å². The first-order chi connectivity index (χ1) is 9.04. The van der Waals surface area contributed by atoms with Gasteiger partial charge in [0.15, 0.2) is 0 Å². The largest absolute Gasteiger partial charge is 0.468 e. The first-order valence-electron chi connectivity index (χ1n) is 6.00. The van der Waals surface area contributed by atoms with Gasteiger partial charge in [0.25, 0.3) is 0 Å². The van der Waals surface area contributed by atoms with E-state index in [0.29, 0.717) is 0 Å². The second-order valence-electron chi connectivity index (χ2n) is 4.26. The summed E-state index contributed by atoms with van der Waals surface area (Å²) in [4.78, 5) is 28.7. The van der Waals surface area contributed by atoms with Gasteiger partial charge in [-0.1, -0.05) is 6.07 Å². The molecule has 0 aliphatic heterocycles. The van der Waals surface area contributed by atoms with Crippen molar-refractivity contribution in [2.75, 3.05) is 13.7 Å². The molecule has 1 rings (SSSR count). The van der Waals surface area contributed by atoms with Crippen molar-refractivity contribution in [2.24, 2.45) is 0 Å². The molecule has 0 fully saturated rings. The molecule has 0 saturated heterocycles. The molecular weight excluding hydrogens is 244 g/mol. The van der Waals surface area contributed by atoms with Crippen LogP contribution in [0.25, 0.3) is 6.08 Å². The van der Waals surface area contributed by atoms with Crippen molar-refractivity contribution < 1.29 is 14.3 Å². The number of hydrogen-bond acceptors (Lipinski definition) is 4. The van der Waals surface area contributed by atoms with E-state index in [2.05, 4.69) is 9.72 Å². The van der Waals surface area contributed by atoms with Crippen LogP contribution in [-0.2, 0) is 14.3 Å². The highest BCUT2D eigenvalue weighted by atomic mass is 16.5. The molecule has 0 aromatic carbocycles. The zero-order valence-electron chi connectivity index (χ0n) is 11.4. The molecule has 19 heavy (non-hydrogen) atoms. The van der Waals surface area contributed by atoms with Crippen LogP contribution in [0.1, 0.15) is 19.4 Å².